The third-order valence-corrected chi connectivity index (χ3v) is 5.67. The molecule has 0 N–H and O–H groups in total. The number of carbonyl (C=O) groups is 2. The summed E-state index contributed by atoms with van der Waals surface area (Å²) in [5, 5.41) is 0. The van der Waals surface area contributed by atoms with Gasteiger partial charge in [-0.3, -0.25) is 0 Å². The molecular weight excluding hydrogens is 424 g/mol. The van der Waals surface area contributed by atoms with Gasteiger partial charge in [0.25, 0.3) is 0 Å². The van der Waals surface area contributed by atoms with Gasteiger partial charge in [0.1, 0.15) is 0 Å². The zero-order valence-electron chi connectivity index (χ0n) is 21.6. The Kier molecular flexibility index (Phi) is 16.2. The summed E-state index contributed by atoms with van der Waals surface area (Å²) in [5.41, 5.74) is 1.27. The number of esters is 2. The molecule has 0 aromatic heterocycles. The van der Waals surface area contributed by atoms with E-state index in [9.17, 15) is 9.59 Å². The Hall–Kier alpha value is -2.62. The predicted molar refractivity (Wildman–Crippen MR) is 140 cm³/mol. The van der Waals surface area contributed by atoms with Gasteiger partial charge in [-0.1, -0.05) is 103 Å². The summed E-state index contributed by atoms with van der Waals surface area (Å²) in [6, 6.07) is 18.3. The van der Waals surface area contributed by atoms with Crippen molar-refractivity contribution in [3.8, 4) is 0 Å². The van der Waals surface area contributed by atoms with Crippen molar-refractivity contribution in [1.82, 2.24) is 0 Å². The highest BCUT2D eigenvalue weighted by atomic mass is 16.5. The van der Waals surface area contributed by atoms with Crippen LogP contribution >= 0.6 is 0 Å². The quantitative estimate of drug-likeness (QED) is 0.207. The van der Waals surface area contributed by atoms with Gasteiger partial charge in [-0.15, -0.1) is 0 Å². The van der Waals surface area contributed by atoms with E-state index in [1.54, 1.807) is 24.3 Å². The van der Waals surface area contributed by atoms with Gasteiger partial charge in [-0.05, 0) is 48.9 Å². The first kappa shape index (κ1) is 29.4. The molecule has 34 heavy (non-hydrogen) atoms. The summed E-state index contributed by atoms with van der Waals surface area (Å²) in [5.74, 6) is 0.847. The van der Waals surface area contributed by atoms with Crippen LogP contribution in [0.1, 0.15) is 99.8 Å². The summed E-state index contributed by atoms with van der Waals surface area (Å²) in [6.45, 7) is 9.88. The third kappa shape index (κ3) is 13.8. The maximum atomic E-state index is 11.7. The van der Waals surface area contributed by atoms with Gasteiger partial charge in [-0.25, -0.2) is 9.59 Å². The fraction of sp³-hybridized carbons (Fsp3) is 0.533. The zero-order valence-corrected chi connectivity index (χ0v) is 21.6. The molecule has 0 amide bonds. The second-order valence-electron chi connectivity index (χ2n) is 9.13. The normalized spacial score (nSPS) is 11.3. The topological polar surface area (TPSA) is 52.6 Å². The molecule has 0 radical (unpaired) electrons. The van der Waals surface area contributed by atoms with E-state index in [0.29, 0.717) is 30.3 Å². The lowest BCUT2D eigenvalue weighted by atomic mass is 10.0. The highest BCUT2D eigenvalue weighted by Crippen LogP contribution is 2.14. The molecule has 0 saturated heterocycles. The maximum Gasteiger partial charge on any atom is 0.338 e. The summed E-state index contributed by atoms with van der Waals surface area (Å²) in [6.07, 6.45) is 9.21. The molecule has 4 nitrogen and oxygen atoms in total. The molecule has 2 aromatic rings. The van der Waals surface area contributed by atoms with E-state index in [1.165, 1.54) is 25.7 Å². The minimum atomic E-state index is -0.213. The van der Waals surface area contributed by atoms with Crippen LogP contribution in [-0.2, 0) is 9.47 Å². The Bertz CT molecular complexity index is 771. The van der Waals surface area contributed by atoms with Crippen molar-refractivity contribution in [1.29, 1.82) is 0 Å². The van der Waals surface area contributed by atoms with Gasteiger partial charge in [0.2, 0.25) is 0 Å². The summed E-state index contributed by atoms with van der Waals surface area (Å²) in [7, 11) is 0. The smallest absolute Gasteiger partial charge is 0.338 e. The fourth-order valence-electron chi connectivity index (χ4n) is 3.40. The van der Waals surface area contributed by atoms with Gasteiger partial charge in [0, 0.05) is 0 Å². The molecule has 2 rings (SSSR count). The molecular formula is C30H44O4. The first-order valence-corrected chi connectivity index (χ1v) is 12.9. The monoisotopic (exact) mass is 468 g/mol. The molecule has 0 aliphatic carbocycles. The van der Waals surface area contributed by atoms with Crippen molar-refractivity contribution in [2.75, 3.05) is 13.2 Å². The molecule has 2 aromatic carbocycles. The van der Waals surface area contributed by atoms with Crippen LogP contribution in [0.3, 0.4) is 0 Å². The van der Waals surface area contributed by atoms with E-state index in [0.717, 1.165) is 31.6 Å². The van der Waals surface area contributed by atoms with Crippen molar-refractivity contribution in [3.63, 3.8) is 0 Å². The second-order valence-corrected chi connectivity index (χ2v) is 9.13. The number of hydrogen-bond donors (Lipinski definition) is 0. The lowest BCUT2D eigenvalue weighted by molar-refractivity contribution is 0.0427. The Morgan fingerprint density at radius 1 is 0.706 bits per heavy atom. The minimum absolute atomic E-state index is 0.208. The van der Waals surface area contributed by atoms with E-state index in [4.69, 9.17) is 9.47 Å². The Morgan fingerprint density at radius 3 is 1.76 bits per heavy atom. The summed E-state index contributed by atoms with van der Waals surface area (Å²) in [4.78, 5) is 23.3. The molecule has 1 unspecified atom stereocenters. The van der Waals surface area contributed by atoms with Gasteiger partial charge >= 0.3 is 11.9 Å². The number of carbonyl (C=O) groups excluding carboxylic acids is 2. The molecule has 0 fully saturated rings. The lowest BCUT2D eigenvalue weighted by Gasteiger charge is -2.14. The first-order chi connectivity index (χ1) is 16.5. The van der Waals surface area contributed by atoms with E-state index in [-0.39, 0.29) is 11.9 Å². The number of rotatable bonds is 14. The van der Waals surface area contributed by atoms with E-state index < -0.39 is 0 Å². The van der Waals surface area contributed by atoms with E-state index >= 15 is 0 Å². The average Bonchev–Trinajstić information content (AvgIpc) is 2.87. The van der Waals surface area contributed by atoms with E-state index in [1.807, 2.05) is 36.4 Å². The van der Waals surface area contributed by atoms with Crippen molar-refractivity contribution in [2.45, 2.75) is 79.1 Å². The lowest BCUT2D eigenvalue weighted by Crippen LogP contribution is -2.13. The average molecular weight is 469 g/mol. The highest BCUT2D eigenvalue weighted by molar-refractivity contribution is 5.89. The second kappa shape index (κ2) is 18.8. The molecule has 1 atom stereocenters. The summed E-state index contributed by atoms with van der Waals surface area (Å²) < 4.78 is 10.5. The van der Waals surface area contributed by atoms with Crippen LogP contribution in [0, 0.1) is 11.8 Å². The zero-order chi connectivity index (χ0) is 25.0. The molecule has 4 heteroatoms. The van der Waals surface area contributed by atoms with Crippen molar-refractivity contribution >= 4 is 11.9 Å². The Balaban J connectivity index is 0.000000340. The molecule has 0 heterocycles. The van der Waals surface area contributed by atoms with Crippen LogP contribution in [0.5, 0.6) is 0 Å². The Morgan fingerprint density at radius 2 is 1.26 bits per heavy atom. The van der Waals surface area contributed by atoms with Gasteiger partial charge < -0.3 is 9.47 Å². The van der Waals surface area contributed by atoms with Crippen LogP contribution in [0.15, 0.2) is 60.7 Å². The predicted octanol–water partition coefficient (Wildman–Crippen LogP) is 8.12. The summed E-state index contributed by atoms with van der Waals surface area (Å²) >= 11 is 0. The maximum absolute atomic E-state index is 11.7. The number of hydrogen-bond acceptors (Lipinski definition) is 4. The van der Waals surface area contributed by atoms with Gasteiger partial charge in [0.15, 0.2) is 0 Å². The van der Waals surface area contributed by atoms with Crippen LogP contribution < -0.4 is 0 Å². The Labute approximate surface area is 207 Å². The van der Waals surface area contributed by atoms with Crippen molar-refractivity contribution in [2.24, 2.45) is 11.8 Å². The number of ether oxygens (including phenoxy) is 2. The molecule has 0 saturated carbocycles. The molecule has 188 valence electrons. The highest BCUT2D eigenvalue weighted by Gasteiger charge is 2.11. The van der Waals surface area contributed by atoms with Crippen molar-refractivity contribution in [3.05, 3.63) is 71.8 Å². The molecule has 0 bridgehead atoms. The fourth-order valence-corrected chi connectivity index (χ4v) is 3.40. The van der Waals surface area contributed by atoms with Crippen LogP contribution in [0.2, 0.25) is 0 Å². The molecule has 0 aliphatic heterocycles. The van der Waals surface area contributed by atoms with Crippen molar-refractivity contribution < 1.29 is 19.1 Å². The molecule has 0 spiro atoms. The van der Waals surface area contributed by atoms with Crippen LogP contribution in [0.25, 0.3) is 0 Å². The largest absolute Gasteiger partial charge is 0.462 e. The van der Waals surface area contributed by atoms with E-state index in [2.05, 4.69) is 27.7 Å². The minimum Gasteiger partial charge on any atom is -0.462 e. The number of unbranched alkanes of at least 4 members (excludes halogenated alkanes) is 3. The SMILES string of the molecule is CC(C)CCCCCOC(=O)c1ccccc1.CCCCC(CC)COC(=O)c1ccccc1. The first-order valence-electron chi connectivity index (χ1n) is 12.9. The standard InChI is InChI=1S/2C15H22O2/c1-13(2)9-5-4-8-12-17-15(16)14-10-6-3-7-11-14;1-3-5-9-13(4-2)12-17-15(16)14-10-7-6-8-11-14/h3,6-7,10-11,13H,4-5,8-9,12H2,1-2H3;6-8,10-11,13H,3-5,9,12H2,1-2H3. The third-order valence-electron chi connectivity index (χ3n) is 5.67. The van der Waals surface area contributed by atoms with Gasteiger partial charge in [-0.2, -0.15) is 0 Å². The molecule has 0 aliphatic rings. The van der Waals surface area contributed by atoms with Crippen LogP contribution in [-0.4, -0.2) is 25.2 Å². The van der Waals surface area contributed by atoms with Crippen LogP contribution in [0.4, 0.5) is 0 Å². The number of benzene rings is 2. The van der Waals surface area contributed by atoms with Gasteiger partial charge in [0.05, 0.1) is 24.3 Å².